The Morgan fingerprint density at radius 3 is 2.81 bits per heavy atom. The zero-order chi connectivity index (χ0) is 11.8. The lowest BCUT2D eigenvalue weighted by atomic mass is 9.97. The van der Waals surface area contributed by atoms with Crippen LogP contribution in [0.1, 0.15) is 19.3 Å². The van der Waals surface area contributed by atoms with Gasteiger partial charge in [0.25, 0.3) is 0 Å². The maximum absolute atomic E-state index is 11.5. The molecule has 1 unspecified atom stereocenters. The first-order valence-corrected chi connectivity index (χ1v) is 5.86. The van der Waals surface area contributed by atoms with E-state index in [0.717, 1.165) is 32.5 Å². The molecule has 0 spiro atoms. The Hall–Kier alpha value is -0.650. The molecule has 1 aliphatic rings. The van der Waals surface area contributed by atoms with Crippen molar-refractivity contribution < 1.29 is 14.3 Å². The van der Waals surface area contributed by atoms with Crippen LogP contribution in [0.2, 0.25) is 0 Å². The molecule has 94 valence electrons. The van der Waals surface area contributed by atoms with Crippen molar-refractivity contribution in [2.24, 2.45) is 11.7 Å². The first-order chi connectivity index (χ1) is 7.77. The number of hydrogen-bond donors (Lipinski definition) is 2. The first kappa shape index (κ1) is 13.4. The summed E-state index contributed by atoms with van der Waals surface area (Å²) in [5, 5.41) is 2.85. The standard InChI is InChI=1S/C11H22N2O3/c1-15-10(8-12)11(14)13-5-2-9-3-6-16-7-4-9/h9-10H,2-8,12H2,1H3,(H,13,14). The fourth-order valence-corrected chi connectivity index (χ4v) is 1.86. The molecule has 1 heterocycles. The minimum atomic E-state index is -0.519. The Kier molecular flexibility index (Phi) is 6.37. The quantitative estimate of drug-likeness (QED) is 0.668. The Labute approximate surface area is 96.7 Å². The van der Waals surface area contributed by atoms with Crippen LogP contribution in [0.4, 0.5) is 0 Å². The zero-order valence-corrected chi connectivity index (χ0v) is 9.91. The van der Waals surface area contributed by atoms with Crippen molar-refractivity contribution in [3.05, 3.63) is 0 Å². The highest BCUT2D eigenvalue weighted by atomic mass is 16.5. The molecule has 5 heteroatoms. The fraction of sp³-hybridized carbons (Fsp3) is 0.909. The summed E-state index contributed by atoms with van der Waals surface area (Å²) < 4.78 is 10.2. The van der Waals surface area contributed by atoms with Crippen molar-refractivity contribution in [2.75, 3.05) is 33.4 Å². The van der Waals surface area contributed by atoms with Gasteiger partial charge in [0.05, 0.1) is 0 Å². The van der Waals surface area contributed by atoms with Crippen LogP contribution in [0.5, 0.6) is 0 Å². The lowest BCUT2D eigenvalue weighted by Gasteiger charge is -2.22. The van der Waals surface area contributed by atoms with Gasteiger partial charge in [-0.25, -0.2) is 0 Å². The number of ether oxygens (including phenoxy) is 2. The molecule has 1 aliphatic heterocycles. The Balaban J connectivity index is 2.11. The SMILES string of the molecule is COC(CN)C(=O)NCCC1CCOCC1. The van der Waals surface area contributed by atoms with Gasteiger partial charge in [-0.15, -0.1) is 0 Å². The van der Waals surface area contributed by atoms with Crippen molar-refractivity contribution in [2.45, 2.75) is 25.4 Å². The van der Waals surface area contributed by atoms with E-state index in [9.17, 15) is 4.79 Å². The van der Waals surface area contributed by atoms with Crippen LogP contribution >= 0.6 is 0 Å². The van der Waals surface area contributed by atoms with Crippen molar-refractivity contribution >= 4 is 5.91 Å². The van der Waals surface area contributed by atoms with Crippen molar-refractivity contribution in [1.29, 1.82) is 0 Å². The number of hydrogen-bond acceptors (Lipinski definition) is 4. The monoisotopic (exact) mass is 230 g/mol. The summed E-state index contributed by atoms with van der Waals surface area (Å²) in [4.78, 5) is 11.5. The molecule has 0 aromatic heterocycles. The van der Waals surface area contributed by atoms with E-state index in [1.54, 1.807) is 0 Å². The molecule has 0 saturated carbocycles. The van der Waals surface area contributed by atoms with Gasteiger partial charge in [0.15, 0.2) is 0 Å². The second kappa shape index (κ2) is 7.60. The highest BCUT2D eigenvalue weighted by molar-refractivity contribution is 5.80. The number of amides is 1. The molecule has 1 fully saturated rings. The van der Waals surface area contributed by atoms with Gasteiger partial charge < -0.3 is 20.5 Å². The van der Waals surface area contributed by atoms with Gasteiger partial charge in [-0.2, -0.15) is 0 Å². The average molecular weight is 230 g/mol. The Morgan fingerprint density at radius 1 is 1.56 bits per heavy atom. The second-order valence-electron chi connectivity index (χ2n) is 4.10. The van der Waals surface area contributed by atoms with Gasteiger partial charge in [-0.3, -0.25) is 4.79 Å². The Bertz CT molecular complexity index is 201. The molecular formula is C11H22N2O3. The zero-order valence-electron chi connectivity index (χ0n) is 9.91. The largest absolute Gasteiger partial charge is 0.381 e. The lowest BCUT2D eigenvalue weighted by molar-refractivity contribution is -0.130. The van der Waals surface area contributed by atoms with Gasteiger partial charge in [-0.05, 0) is 25.2 Å². The van der Waals surface area contributed by atoms with Crippen LogP contribution in [0.3, 0.4) is 0 Å². The molecule has 0 aliphatic carbocycles. The molecule has 1 saturated heterocycles. The van der Waals surface area contributed by atoms with Crippen molar-refractivity contribution in [1.82, 2.24) is 5.32 Å². The molecule has 0 aromatic rings. The minimum Gasteiger partial charge on any atom is -0.381 e. The molecule has 1 atom stereocenters. The summed E-state index contributed by atoms with van der Waals surface area (Å²) in [6.45, 7) is 2.62. The number of nitrogens with two attached hydrogens (primary N) is 1. The summed E-state index contributed by atoms with van der Waals surface area (Å²) in [7, 11) is 1.50. The molecule has 0 bridgehead atoms. The Morgan fingerprint density at radius 2 is 2.25 bits per heavy atom. The van der Waals surface area contributed by atoms with Crippen LogP contribution in [0, 0.1) is 5.92 Å². The third-order valence-electron chi connectivity index (χ3n) is 2.98. The fourth-order valence-electron chi connectivity index (χ4n) is 1.86. The molecule has 5 nitrogen and oxygen atoms in total. The van der Waals surface area contributed by atoms with Gasteiger partial charge in [0, 0.05) is 33.4 Å². The molecule has 0 radical (unpaired) electrons. The number of nitrogens with one attached hydrogen (secondary N) is 1. The number of methoxy groups -OCH3 is 1. The van der Waals surface area contributed by atoms with Crippen LogP contribution in [-0.2, 0) is 14.3 Å². The predicted octanol–water partition coefficient (Wildman–Crippen LogP) is -0.107. The summed E-state index contributed by atoms with van der Waals surface area (Å²) in [6.07, 6.45) is 2.69. The number of carbonyl (C=O) groups is 1. The predicted molar refractivity (Wildman–Crippen MR) is 61.0 cm³/mol. The van der Waals surface area contributed by atoms with E-state index in [1.165, 1.54) is 7.11 Å². The molecule has 1 rings (SSSR count). The lowest BCUT2D eigenvalue weighted by Crippen LogP contribution is -2.41. The molecule has 16 heavy (non-hydrogen) atoms. The van der Waals surface area contributed by atoms with E-state index in [2.05, 4.69) is 5.32 Å². The minimum absolute atomic E-state index is 0.114. The maximum Gasteiger partial charge on any atom is 0.250 e. The highest BCUT2D eigenvalue weighted by Crippen LogP contribution is 2.17. The van der Waals surface area contributed by atoms with E-state index in [0.29, 0.717) is 12.5 Å². The summed E-state index contributed by atoms with van der Waals surface area (Å²) in [5.41, 5.74) is 5.40. The topological polar surface area (TPSA) is 73.6 Å². The van der Waals surface area contributed by atoms with Crippen LogP contribution in [-0.4, -0.2) is 45.4 Å². The average Bonchev–Trinajstić information content (AvgIpc) is 2.32. The van der Waals surface area contributed by atoms with Crippen LogP contribution in [0.15, 0.2) is 0 Å². The summed E-state index contributed by atoms with van der Waals surface area (Å²) >= 11 is 0. The van der Waals surface area contributed by atoms with E-state index in [1.807, 2.05) is 0 Å². The third-order valence-corrected chi connectivity index (χ3v) is 2.98. The van der Waals surface area contributed by atoms with E-state index < -0.39 is 6.10 Å². The summed E-state index contributed by atoms with van der Waals surface area (Å²) in [5.74, 6) is 0.560. The van der Waals surface area contributed by atoms with Gasteiger partial charge in [0.2, 0.25) is 5.91 Å². The first-order valence-electron chi connectivity index (χ1n) is 5.86. The van der Waals surface area contributed by atoms with Crippen molar-refractivity contribution in [3.8, 4) is 0 Å². The van der Waals surface area contributed by atoms with E-state index in [-0.39, 0.29) is 12.5 Å². The van der Waals surface area contributed by atoms with E-state index in [4.69, 9.17) is 15.2 Å². The smallest absolute Gasteiger partial charge is 0.250 e. The molecule has 3 N–H and O–H groups in total. The normalized spacial score (nSPS) is 19.4. The molecular weight excluding hydrogens is 208 g/mol. The van der Waals surface area contributed by atoms with Gasteiger partial charge in [0.1, 0.15) is 6.10 Å². The van der Waals surface area contributed by atoms with Crippen LogP contribution in [0.25, 0.3) is 0 Å². The van der Waals surface area contributed by atoms with Crippen LogP contribution < -0.4 is 11.1 Å². The maximum atomic E-state index is 11.5. The highest BCUT2D eigenvalue weighted by Gasteiger charge is 2.17. The van der Waals surface area contributed by atoms with Gasteiger partial charge in [-0.1, -0.05) is 0 Å². The van der Waals surface area contributed by atoms with Crippen molar-refractivity contribution in [3.63, 3.8) is 0 Å². The summed E-state index contributed by atoms with van der Waals surface area (Å²) in [6, 6.07) is 0. The molecule has 0 aromatic carbocycles. The third kappa shape index (κ3) is 4.47. The number of carbonyl (C=O) groups excluding carboxylic acids is 1. The number of rotatable bonds is 6. The molecule has 1 amide bonds. The second-order valence-corrected chi connectivity index (χ2v) is 4.10. The van der Waals surface area contributed by atoms with E-state index >= 15 is 0 Å². The van der Waals surface area contributed by atoms with Gasteiger partial charge >= 0.3 is 0 Å².